The van der Waals surface area contributed by atoms with E-state index in [0.29, 0.717) is 11.5 Å². The van der Waals surface area contributed by atoms with Crippen molar-refractivity contribution < 1.29 is 28.5 Å². The summed E-state index contributed by atoms with van der Waals surface area (Å²) in [5.41, 5.74) is 2.24. The topological polar surface area (TPSA) is 71.1 Å². The van der Waals surface area contributed by atoms with E-state index in [-0.39, 0.29) is 52.6 Å². The number of hydrogen-bond acceptors (Lipinski definition) is 6. The number of ketones is 2. The van der Waals surface area contributed by atoms with E-state index >= 15 is 0 Å². The molecule has 0 amide bonds. The Morgan fingerprint density at radius 3 is 2.29 bits per heavy atom. The third-order valence-corrected chi connectivity index (χ3v) is 6.04. The number of Topliss-reactive ketones (excluding diaryl/α,β-unsaturated/α-hetero) is 1. The van der Waals surface area contributed by atoms with Gasteiger partial charge in [0.1, 0.15) is 34.5 Å². The fraction of sp³-hybridized carbons (Fsp3) is 0.407. The van der Waals surface area contributed by atoms with Gasteiger partial charge in [0.05, 0.1) is 27.2 Å². The molecule has 0 aliphatic heterocycles. The Bertz CT molecular complexity index is 1060. The average Bonchev–Trinajstić information content (AvgIpc) is 2.83. The monoisotopic (exact) mass is 488 g/mol. The van der Waals surface area contributed by atoms with Crippen LogP contribution in [0.4, 0.5) is 0 Å². The average molecular weight is 489 g/mol. The summed E-state index contributed by atoms with van der Waals surface area (Å²) < 4.78 is 22.3. The lowest BCUT2D eigenvalue weighted by atomic mass is 9.78. The number of carbonyl (C=O) groups is 2. The van der Waals surface area contributed by atoms with E-state index < -0.39 is 5.92 Å². The summed E-state index contributed by atoms with van der Waals surface area (Å²) in [6.45, 7) is 8.09. The van der Waals surface area contributed by atoms with Gasteiger partial charge in [0, 0.05) is 18.6 Å². The zero-order chi connectivity index (χ0) is 25.4. The molecule has 2 atom stereocenters. The van der Waals surface area contributed by atoms with Crippen molar-refractivity contribution in [3.05, 3.63) is 63.9 Å². The molecule has 2 aromatic rings. The first kappa shape index (κ1) is 27.3. The summed E-state index contributed by atoms with van der Waals surface area (Å²) in [4.78, 5) is 26.1. The van der Waals surface area contributed by atoms with Crippen LogP contribution in [0.3, 0.4) is 0 Å². The Kier molecular flexibility index (Phi) is 9.99. The van der Waals surface area contributed by atoms with Gasteiger partial charge in [-0.25, -0.2) is 0 Å². The van der Waals surface area contributed by atoms with Crippen LogP contribution in [0.25, 0.3) is 0 Å². The number of halogens is 1. The molecule has 2 unspecified atom stereocenters. The van der Waals surface area contributed by atoms with Gasteiger partial charge in [-0.05, 0) is 24.0 Å². The molecule has 0 spiro atoms. The molecule has 34 heavy (non-hydrogen) atoms. The van der Waals surface area contributed by atoms with Crippen LogP contribution in [0.5, 0.6) is 17.2 Å². The van der Waals surface area contributed by atoms with Crippen LogP contribution in [0.2, 0.25) is 5.02 Å². The number of allylic oxidation sites excluding steroid dienone is 2. The highest BCUT2D eigenvalue weighted by Crippen LogP contribution is 2.45. The van der Waals surface area contributed by atoms with Crippen LogP contribution < -0.4 is 14.2 Å². The van der Waals surface area contributed by atoms with E-state index in [9.17, 15) is 9.59 Å². The number of carbonyl (C=O) groups excluding carboxylic acids is 2. The predicted octanol–water partition coefficient (Wildman–Crippen LogP) is 6.21. The summed E-state index contributed by atoms with van der Waals surface area (Å²) in [6.07, 6.45) is 1.66. The van der Waals surface area contributed by atoms with Crippen LogP contribution in [0.15, 0.2) is 42.2 Å². The zero-order valence-electron chi connectivity index (χ0n) is 20.9. The van der Waals surface area contributed by atoms with Crippen LogP contribution in [-0.2, 0) is 16.1 Å². The molecular formula is C27H33ClO6. The molecule has 0 saturated carbocycles. The van der Waals surface area contributed by atoms with Crippen molar-refractivity contribution in [2.24, 2.45) is 11.8 Å². The van der Waals surface area contributed by atoms with Crippen molar-refractivity contribution in [3.8, 4) is 17.2 Å². The Labute approximate surface area is 206 Å². The summed E-state index contributed by atoms with van der Waals surface area (Å²) in [5, 5.41) is 0.171. The number of hydrogen-bond donors (Lipinski definition) is 0. The second kappa shape index (κ2) is 12.5. The van der Waals surface area contributed by atoms with Crippen LogP contribution in [-0.4, -0.2) is 32.9 Å². The van der Waals surface area contributed by atoms with Crippen molar-refractivity contribution in [2.45, 2.75) is 40.7 Å². The number of methoxy groups -OCH3 is 3. The first-order valence-electron chi connectivity index (χ1n) is 11.3. The Morgan fingerprint density at radius 2 is 1.71 bits per heavy atom. The van der Waals surface area contributed by atoms with Crippen LogP contribution >= 0.6 is 11.6 Å². The first-order chi connectivity index (χ1) is 16.3. The molecule has 0 heterocycles. The molecule has 0 bridgehead atoms. The van der Waals surface area contributed by atoms with Gasteiger partial charge in [-0.1, -0.05) is 56.6 Å². The van der Waals surface area contributed by atoms with E-state index in [2.05, 4.69) is 0 Å². The van der Waals surface area contributed by atoms with Gasteiger partial charge in [-0.2, -0.15) is 0 Å². The minimum atomic E-state index is -0.691. The maximum Gasteiger partial charge on any atom is 0.181 e. The summed E-state index contributed by atoms with van der Waals surface area (Å²) in [5.74, 6) is -0.238. The fourth-order valence-electron chi connectivity index (χ4n) is 3.95. The standard InChI is InChI=1S/C25H27ClO6.C2H6/c1-14-8-6-7-9-16(14)13-32-19-11-17(27)10-15(2)21(19)24(28)22-18(29-3)12-20(30-4)23(26)25(22)31-5;1-2/h6-9,11-12,15,21H,10,13H2,1-5H3;1-2H3. The van der Waals surface area contributed by atoms with Gasteiger partial charge in [0.2, 0.25) is 0 Å². The molecule has 2 aromatic carbocycles. The van der Waals surface area contributed by atoms with Crippen molar-refractivity contribution in [3.63, 3.8) is 0 Å². The summed E-state index contributed by atoms with van der Waals surface area (Å²) in [7, 11) is 4.35. The molecule has 3 rings (SSSR count). The molecule has 0 aromatic heterocycles. The van der Waals surface area contributed by atoms with E-state index in [4.69, 9.17) is 30.5 Å². The molecular weight excluding hydrogens is 456 g/mol. The minimum absolute atomic E-state index is 0.0759. The molecule has 0 saturated heterocycles. The number of rotatable bonds is 8. The Balaban J connectivity index is 0.00000199. The fourth-order valence-corrected chi connectivity index (χ4v) is 4.26. The van der Waals surface area contributed by atoms with E-state index in [1.807, 2.05) is 52.0 Å². The van der Waals surface area contributed by atoms with Gasteiger partial charge in [0.15, 0.2) is 17.3 Å². The number of aryl methyl sites for hydroxylation is 1. The largest absolute Gasteiger partial charge is 0.496 e. The molecule has 1 aliphatic rings. The third kappa shape index (κ3) is 5.73. The molecule has 184 valence electrons. The van der Waals surface area contributed by atoms with Crippen molar-refractivity contribution in [2.75, 3.05) is 21.3 Å². The minimum Gasteiger partial charge on any atom is -0.496 e. The molecule has 7 heteroatoms. The lowest BCUT2D eigenvalue weighted by Gasteiger charge is -2.29. The molecule has 6 nitrogen and oxygen atoms in total. The second-order valence-electron chi connectivity index (χ2n) is 7.75. The highest BCUT2D eigenvalue weighted by molar-refractivity contribution is 6.34. The Hall–Kier alpha value is -2.99. The lowest BCUT2D eigenvalue weighted by Crippen LogP contribution is -2.31. The summed E-state index contributed by atoms with van der Waals surface area (Å²) in [6, 6.07) is 9.36. The van der Waals surface area contributed by atoms with E-state index in [0.717, 1.165) is 11.1 Å². The molecule has 1 aliphatic carbocycles. The predicted molar refractivity (Wildman–Crippen MR) is 133 cm³/mol. The van der Waals surface area contributed by atoms with Crippen LogP contribution in [0, 0.1) is 18.8 Å². The third-order valence-electron chi connectivity index (χ3n) is 5.68. The van der Waals surface area contributed by atoms with Gasteiger partial charge < -0.3 is 18.9 Å². The van der Waals surface area contributed by atoms with Crippen molar-refractivity contribution in [1.29, 1.82) is 0 Å². The highest BCUT2D eigenvalue weighted by Gasteiger charge is 2.39. The first-order valence-corrected chi connectivity index (χ1v) is 11.6. The van der Waals surface area contributed by atoms with Gasteiger partial charge >= 0.3 is 0 Å². The van der Waals surface area contributed by atoms with Gasteiger partial charge in [0.25, 0.3) is 0 Å². The van der Waals surface area contributed by atoms with Crippen molar-refractivity contribution in [1.82, 2.24) is 0 Å². The normalized spacial score (nSPS) is 17.2. The maximum absolute atomic E-state index is 13.8. The van der Waals surface area contributed by atoms with Gasteiger partial charge in [-0.15, -0.1) is 0 Å². The quantitative estimate of drug-likeness (QED) is 0.411. The van der Waals surface area contributed by atoms with E-state index in [1.165, 1.54) is 27.4 Å². The smallest absolute Gasteiger partial charge is 0.181 e. The second-order valence-corrected chi connectivity index (χ2v) is 8.13. The van der Waals surface area contributed by atoms with E-state index in [1.54, 1.807) is 6.07 Å². The lowest BCUT2D eigenvalue weighted by molar-refractivity contribution is -0.116. The number of ether oxygens (including phenoxy) is 4. The van der Waals surface area contributed by atoms with Crippen molar-refractivity contribution >= 4 is 23.2 Å². The zero-order valence-corrected chi connectivity index (χ0v) is 21.6. The number of benzene rings is 2. The highest BCUT2D eigenvalue weighted by atomic mass is 35.5. The molecule has 0 radical (unpaired) electrons. The SMILES string of the molecule is CC.COc1cc(OC)c(C(=O)C2C(OCc3ccccc3C)=CC(=O)CC2C)c(OC)c1Cl. The summed E-state index contributed by atoms with van der Waals surface area (Å²) >= 11 is 6.42. The van der Waals surface area contributed by atoms with Crippen LogP contribution in [0.1, 0.15) is 48.7 Å². The Morgan fingerprint density at radius 1 is 1.06 bits per heavy atom. The maximum atomic E-state index is 13.8. The van der Waals surface area contributed by atoms with Gasteiger partial charge in [-0.3, -0.25) is 9.59 Å². The molecule has 0 fully saturated rings. The molecule has 0 N–H and O–H groups in total.